The van der Waals surface area contributed by atoms with Gasteiger partial charge >= 0.3 is 0 Å². The fourth-order valence-corrected chi connectivity index (χ4v) is 2.32. The van der Waals surface area contributed by atoms with Crippen LogP contribution in [0.15, 0.2) is 42.5 Å². The first-order chi connectivity index (χ1) is 11.9. The third kappa shape index (κ3) is 5.24. The predicted octanol–water partition coefficient (Wildman–Crippen LogP) is 3.40. The Morgan fingerprint density at radius 1 is 1.00 bits per heavy atom. The highest BCUT2D eigenvalue weighted by Crippen LogP contribution is 2.26. The molecule has 0 heterocycles. The molecule has 2 amide bonds. The van der Waals surface area contributed by atoms with Crippen LogP contribution in [0.5, 0.6) is 5.75 Å². The van der Waals surface area contributed by atoms with Gasteiger partial charge in [-0.3, -0.25) is 9.59 Å². The number of carbonyl (C=O) groups is 2. The van der Waals surface area contributed by atoms with Gasteiger partial charge in [0.1, 0.15) is 11.8 Å². The monoisotopic (exact) mass is 341 g/mol. The second kappa shape index (κ2) is 8.19. The van der Waals surface area contributed by atoms with Crippen molar-refractivity contribution in [3.05, 3.63) is 48.0 Å². The van der Waals surface area contributed by atoms with Gasteiger partial charge in [0.2, 0.25) is 11.8 Å². The van der Waals surface area contributed by atoms with Gasteiger partial charge < -0.3 is 20.7 Å². The Morgan fingerprint density at radius 3 is 2.16 bits per heavy atom. The van der Waals surface area contributed by atoms with Crippen molar-refractivity contribution in [3.63, 3.8) is 0 Å². The van der Waals surface area contributed by atoms with Crippen molar-refractivity contribution in [2.24, 2.45) is 0 Å². The maximum atomic E-state index is 12.4. The molecule has 0 fully saturated rings. The van der Waals surface area contributed by atoms with E-state index in [1.165, 1.54) is 6.92 Å². The number of carbonyl (C=O) groups excluding carboxylic acids is 2. The molecule has 6 heteroatoms. The van der Waals surface area contributed by atoms with Gasteiger partial charge in [-0.1, -0.05) is 6.07 Å². The summed E-state index contributed by atoms with van der Waals surface area (Å²) in [5.74, 6) is 0.377. The Bertz CT molecular complexity index is 757. The molecule has 0 saturated heterocycles. The van der Waals surface area contributed by atoms with E-state index in [1.54, 1.807) is 38.3 Å². The van der Waals surface area contributed by atoms with E-state index in [0.29, 0.717) is 17.1 Å². The van der Waals surface area contributed by atoms with E-state index < -0.39 is 6.04 Å². The van der Waals surface area contributed by atoms with Crippen molar-refractivity contribution in [2.75, 3.05) is 23.1 Å². The van der Waals surface area contributed by atoms with Crippen LogP contribution in [0.3, 0.4) is 0 Å². The lowest BCUT2D eigenvalue weighted by atomic mass is 10.2. The molecule has 0 aliphatic carbocycles. The summed E-state index contributed by atoms with van der Waals surface area (Å²) in [5.41, 5.74) is 3.18. The molecule has 0 bridgehead atoms. The Morgan fingerprint density at radius 2 is 1.60 bits per heavy atom. The minimum atomic E-state index is -0.453. The molecule has 0 aromatic heterocycles. The van der Waals surface area contributed by atoms with Gasteiger partial charge in [-0.25, -0.2) is 0 Å². The molecule has 132 valence electrons. The van der Waals surface area contributed by atoms with E-state index in [4.69, 9.17) is 4.74 Å². The minimum Gasteiger partial charge on any atom is -0.495 e. The highest BCUT2D eigenvalue weighted by molar-refractivity contribution is 5.97. The summed E-state index contributed by atoms with van der Waals surface area (Å²) in [5, 5.41) is 8.69. The summed E-state index contributed by atoms with van der Waals surface area (Å²) in [7, 11) is 1.59. The molecule has 0 spiro atoms. The zero-order valence-corrected chi connectivity index (χ0v) is 14.8. The first-order valence-electron chi connectivity index (χ1n) is 7.98. The topological polar surface area (TPSA) is 79.5 Å². The van der Waals surface area contributed by atoms with Gasteiger partial charge in [-0.15, -0.1) is 0 Å². The van der Waals surface area contributed by atoms with Crippen LogP contribution in [0.2, 0.25) is 0 Å². The summed E-state index contributed by atoms with van der Waals surface area (Å²) < 4.78 is 5.32. The van der Waals surface area contributed by atoms with Gasteiger partial charge in [0, 0.05) is 18.3 Å². The summed E-state index contributed by atoms with van der Waals surface area (Å²) in [6, 6.07) is 12.2. The van der Waals surface area contributed by atoms with Crippen molar-refractivity contribution >= 4 is 28.9 Å². The van der Waals surface area contributed by atoms with Crippen LogP contribution in [0.1, 0.15) is 19.4 Å². The van der Waals surface area contributed by atoms with Gasteiger partial charge in [-0.05, 0) is 55.8 Å². The van der Waals surface area contributed by atoms with E-state index in [2.05, 4.69) is 16.0 Å². The third-order valence-electron chi connectivity index (χ3n) is 3.59. The van der Waals surface area contributed by atoms with Crippen LogP contribution in [0.25, 0.3) is 0 Å². The van der Waals surface area contributed by atoms with Gasteiger partial charge in [0.15, 0.2) is 0 Å². The highest BCUT2D eigenvalue weighted by atomic mass is 16.5. The Kier molecular flexibility index (Phi) is 6.00. The molecule has 0 aliphatic rings. The number of methoxy groups -OCH3 is 1. The van der Waals surface area contributed by atoms with E-state index in [0.717, 1.165) is 11.3 Å². The number of nitrogens with one attached hydrogen (secondary N) is 3. The van der Waals surface area contributed by atoms with Crippen LogP contribution in [0.4, 0.5) is 17.1 Å². The van der Waals surface area contributed by atoms with Crippen LogP contribution < -0.4 is 20.7 Å². The lowest BCUT2D eigenvalue weighted by molar-refractivity contribution is -0.116. The second-order valence-electron chi connectivity index (χ2n) is 5.82. The van der Waals surface area contributed by atoms with E-state index in [1.807, 2.05) is 25.1 Å². The average molecular weight is 341 g/mol. The van der Waals surface area contributed by atoms with Crippen molar-refractivity contribution in [1.82, 2.24) is 0 Å². The minimum absolute atomic E-state index is 0.137. The molecule has 0 unspecified atom stereocenters. The summed E-state index contributed by atoms with van der Waals surface area (Å²) >= 11 is 0. The third-order valence-corrected chi connectivity index (χ3v) is 3.59. The number of amides is 2. The maximum absolute atomic E-state index is 12.4. The molecule has 25 heavy (non-hydrogen) atoms. The lowest BCUT2D eigenvalue weighted by Gasteiger charge is -2.18. The number of ether oxygens (including phenoxy) is 1. The van der Waals surface area contributed by atoms with Crippen LogP contribution >= 0.6 is 0 Å². The second-order valence-corrected chi connectivity index (χ2v) is 5.82. The van der Waals surface area contributed by atoms with Crippen molar-refractivity contribution in [1.29, 1.82) is 0 Å². The maximum Gasteiger partial charge on any atom is 0.246 e. The number of hydrogen-bond acceptors (Lipinski definition) is 4. The molecular formula is C19H23N3O3. The number of anilines is 3. The first-order valence-corrected chi connectivity index (χ1v) is 7.98. The summed E-state index contributed by atoms with van der Waals surface area (Å²) in [4.78, 5) is 23.4. The van der Waals surface area contributed by atoms with E-state index in [9.17, 15) is 9.59 Å². The van der Waals surface area contributed by atoms with Crippen molar-refractivity contribution in [2.45, 2.75) is 26.8 Å². The average Bonchev–Trinajstić information content (AvgIpc) is 2.56. The molecule has 1 atom stereocenters. The molecule has 6 nitrogen and oxygen atoms in total. The summed E-state index contributed by atoms with van der Waals surface area (Å²) in [6.45, 7) is 5.21. The molecule has 0 radical (unpaired) electrons. The SMILES string of the molecule is COc1ccc(C)cc1N[C@@H](C)C(=O)Nc1ccc(NC(C)=O)cc1. The lowest BCUT2D eigenvalue weighted by Crippen LogP contribution is -2.32. The van der Waals surface area contributed by atoms with Crippen LogP contribution in [0, 0.1) is 6.92 Å². The fourth-order valence-electron chi connectivity index (χ4n) is 2.32. The zero-order chi connectivity index (χ0) is 18.4. The van der Waals surface area contributed by atoms with Gasteiger partial charge in [0.05, 0.1) is 12.8 Å². The fraction of sp³-hybridized carbons (Fsp3) is 0.263. The standard InChI is InChI=1S/C19H23N3O3/c1-12-5-10-18(25-4)17(11-12)20-13(2)19(24)22-16-8-6-15(7-9-16)21-14(3)23/h5-11,13,20H,1-4H3,(H,21,23)(H,22,24)/t13-/m0/s1. The van der Waals surface area contributed by atoms with E-state index >= 15 is 0 Å². The molecule has 3 N–H and O–H groups in total. The Hall–Kier alpha value is -3.02. The van der Waals surface area contributed by atoms with Crippen molar-refractivity contribution < 1.29 is 14.3 Å². The number of benzene rings is 2. The number of rotatable bonds is 6. The zero-order valence-electron chi connectivity index (χ0n) is 14.8. The molecule has 2 aromatic carbocycles. The molecule has 0 saturated carbocycles. The van der Waals surface area contributed by atoms with Crippen molar-refractivity contribution in [3.8, 4) is 5.75 Å². The molecule has 2 rings (SSSR count). The van der Waals surface area contributed by atoms with Gasteiger partial charge in [0.25, 0.3) is 0 Å². The van der Waals surface area contributed by atoms with Crippen LogP contribution in [-0.2, 0) is 9.59 Å². The molecule has 2 aromatic rings. The largest absolute Gasteiger partial charge is 0.495 e. The normalized spacial score (nSPS) is 11.4. The molecule has 0 aliphatic heterocycles. The highest BCUT2D eigenvalue weighted by Gasteiger charge is 2.15. The number of hydrogen-bond donors (Lipinski definition) is 3. The smallest absolute Gasteiger partial charge is 0.246 e. The van der Waals surface area contributed by atoms with Gasteiger partial charge in [-0.2, -0.15) is 0 Å². The quantitative estimate of drug-likeness (QED) is 0.752. The predicted molar refractivity (Wildman–Crippen MR) is 100 cm³/mol. The molecular weight excluding hydrogens is 318 g/mol. The Labute approximate surface area is 147 Å². The number of aryl methyl sites for hydroxylation is 1. The summed E-state index contributed by atoms with van der Waals surface area (Å²) in [6.07, 6.45) is 0. The van der Waals surface area contributed by atoms with E-state index in [-0.39, 0.29) is 11.8 Å². The first kappa shape index (κ1) is 18.3. The Balaban J connectivity index is 2.00. The van der Waals surface area contributed by atoms with Crippen LogP contribution in [-0.4, -0.2) is 25.0 Å².